The molecule has 2 N–H and O–H groups in total. The van der Waals surface area contributed by atoms with Gasteiger partial charge in [0.25, 0.3) is 11.8 Å². The van der Waals surface area contributed by atoms with E-state index in [-0.39, 0.29) is 11.8 Å². The van der Waals surface area contributed by atoms with Crippen molar-refractivity contribution in [1.29, 1.82) is 0 Å². The lowest BCUT2D eigenvalue weighted by molar-refractivity contribution is 0.0962. The SMILES string of the molecule is CNC(=O)c1ccc(NC(=O)c2cc(C)n(Cc3ccco3)c2C)cc1. The topological polar surface area (TPSA) is 76.3 Å². The molecular weight excluding hydrogens is 330 g/mol. The van der Waals surface area contributed by atoms with E-state index in [1.54, 1.807) is 37.6 Å². The van der Waals surface area contributed by atoms with E-state index in [9.17, 15) is 9.59 Å². The summed E-state index contributed by atoms with van der Waals surface area (Å²) in [7, 11) is 1.58. The maximum atomic E-state index is 12.7. The molecule has 6 nitrogen and oxygen atoms in total. The van der Waals surface area contributed by atoms with E-state index >= 15 is 0 Å². The van der Waals surface area contributed by atoms with Gasteiger partial charge in [-0.05, 0) is 56.3 Å². The van der Waals surface area contributed by atoms with Gasteiger partial charge in [0.2, 0.25) is 0 Å². The van der Waals surface area contributed by atoms with Gasteiger partial charge in [-0.3, -0.25) is 9.59 Å². The summed E-state index contributed by atoms with van der Waals surface area (Å²) in [6.45, 7) is 4.46. The summed E-state index contributed by atoms with van der Waals surface area (Å²) >= 11 is 0. The number of aromatic nitrogens is 1. The van der Waals surface area contributed by atoms with E-state index in [0.717, 1.165) is 17.1 Å². The highest BCUT2D eigenvalue weighted by Crippen LogP contribution is 2.19. The Bertz CT molecular complexity index is 922. The Morgan fingerprint density at radius 3 is 2.42 bits per heavy atom. The minimum atomic E-state index is -0.184. The number of anilines is 1. The number of aryl methyl sites for hydroxylation is 1. The van der Waals surface area contributed by atoms with Gasteiger partial charge in [0.15, 0.2) is 0 Å². The second-order valence-electron chi connectivity index (χ2n) is 6.06. The summed E-state index contributed by atoms with van der Waals surface area (Å²) in [5.41, 5.74) is 3.66. The van der Waals surface area contributed by atoms with E-state index in [1.807, 2.05) is 36.6 Å². The number of benzene rings is 1. The fraction of sp³-hybridized carbons (Fsp3) is 0.200. The third-order valence-electron chi connectivity index (χ3n) is 4.34. The first kappa shape index (κ1) is 17.5. The molecule has 0 saturated heterocycles. The Labute approximate surface area is 151 Å². The van der Waals surface area contributed by atoms with Crippen LogP contribution in [0.15, 0.2) is 53.1 Å². The molecule has 2 aromatic heterocycles. The Hall–Kier alpha value is -3.28. The number of nitrogens with zero attached hydrogens (tertiary/aromatic N) is 1. The molecule has 0 radical (unpaired) electrons. The van der Waals surface area contributed by atoms with E-state index in [0.29, 0.717) is 23.4 Å². The molecule has 0 fully saturated rings. The van der Waals surface area contributed by atoms with Crippen molar-refractivity contribution >= 4 is 17.5 Å². The fourth-order valence-corrected chi connectivity index (χ4v) is 2.88. The molecule has 3 aromatic rings. The van der Waals surface area contributed by atoms with Gasteiger partial charge < -0.3 is 19.6 Å². The van der Waals surface area contributed by atoms with Gasteiger partial charge in [-0.1, -0.05) is 0 Å². The molecule has 0 unspecified atom stereocenters. The number of furan rings is 1. The van der Waals surface area contributed by atoms with Crippen molar-refractivity contribution in [2.75, 3.05) is 12.4 Å². The predicted molar refractivity (Wildman–Crippen MR) is 99.5 cm³/mol. The average Bonchev–Trinajstić information content (AvgIpc) is 3.25. The van der Waals surface area contributed by atoms with Crippen molar-refractivity contribution < 1.29 is 14.0 Å². The Morgan fingerprint density at radius 2 is 1.81 bits per heavy atom. The van der Waals surface area contributed by atoms with Crippen LogP contribution in [0.5, 0.6) is 0 Å². The normalized spacial score (nSPS) is 10.6. The minimum absolute atomic E-state index is 0.163. The molecule has 3 rings (SSSR count). The number of hydrogen-bond acceptors (Lipinski definition) is 3. The van der Waals surface area contributed by atoms with Crippen molar-refractivity contribution in [3.8, 4) is 0 Å². The first-order valence-electron chi connectivity index (χ1n) is 8.32. The highest BCUT2D eigenvalue weighted by atomic mass is 16.3. The highest BCUT2D eigenvalue weighted by molar-refractivity contribution is 6.05. The van der Waals surface area contributed by atoms with Gasteiger partial charge in [-0.2, -0.15) is 0 Å². The molecule has 0 aliphatic heterocycles. The number of amides is 2. The molecule has 0 aliphatic rings. The van der Waals surface area contributed by atoms with Crippen LogP contribution in [0, 0.1) is 13.8 Å². The largest absolute Gasteiger partial charge is 0.467 e. The van der Waals surface area contributed by atoms with Crippen LogP contribution in [0.1, 0.15) is 37.9 Å². The smallest absolute Gasteiger partial charge is 0.257 e. The van der Waals surface area contributed by atoms with Gasteiger partial charge in [-0.15, -0.1) is 0 Å². The molecule has 0 atom stereocenters. The van der Waals surface area contributed by atoms with Crippen molar-refractivity contribution in [3.05, 3.63) is 77.0 Å². The maximum absolute atomic E-state index is 12.7. The molecule has 2 amide bonds. The molecule has 2 heterocycles. The van der Waals surface area contributed by atoms with Crippen molar-refractivity contribution in [1.82, 2.24) is 9.88 Å². The standard InChI is InChI=1S/C20H21N3O3/c1-13-11-18(14(2)23(13)12-17-5-4-10-26-17)20(25)22-16-8-6-15(7-9-16)19(24)21-3/h4-11H,12H2,1-3H3,(H,21,24)(H,22,25). The van der Waals surface area contributed by atoms with Gasteiger partial charge in [-0.25, -0.2) is 0 Å². The van der Waals surface area contributed by atoms with Gasteiger partial charge in [0.05, 0.1) is 18.4 Å². The van der Waals surface area contributed by atoms with Crippen molar-refractivity contribution in [2.45, 2.75) is 20.4 Å². The predicted octanol–water partition coefficient (Wildman–Crippen LogP) is 3.36. The van der Waals surface area contributed by atoms with Crippen molar-refractivity contribution in [3.63, 3.8) is 0 Å². The van der Waals surface area contributed by atoms with Crippen LogP contribution in [-0.4, -0.2) is 23.4 Å². The van der Waals surface area contributed by atoms with Crippen LogP contribution in [0.3, 0.4) is 0 Å². The zero-order chi connectivity index (χ0) is 18.7. The second kappa shape index (κ2) is 7.31. The third kappa shape index (κ3) is 3.54. The number of carbonyl (C=O) groups is 2. The summed E-state index contributed by atoms with van der Waals surface area (Å²) in [4.78, 5) is 24.2. The first-order valence-corrected chi connectivity index (χ1v) is 8.32. The summed E-state index contributed by atoms with van der Waals surface area (Å²) < 4.78 is 7.44. The lowest BCUT2D eigenvalue weighted by atomic mass is 10.2. The molecule has 1 aromatic carbocycles. The fourth-order valence-electron chi connectivity index (χ4n) is 2.88. The zero-order valence-electron chi connectivity index (χ0n) is 15.0. The molecule has 0 spiro atoms. The molecular formula is C20H21N3O3. The van der Waals surface area contributed by atoms with E-state index < -0.39 is 0 Å². The van der Waals surface area contributed by atoms with Gasteiger partial charge >= 0.3 is 0 Å². The Kier molecular flexibility index (Phi) is 4.93. The Morgan fingerprint density at radius 1 is 1.08 bits per heavy atom. The third-order valence-corrected chi connectivity index (χ3v) is 4.34. The van der Waals surface area contributed by atoms with E-state index in [2.05, 4.69) is 10.6 Å². The molecule has 0 saturated carbocycles. The molecule has 0 bridgehead atoms. The zero-order valence-corrected chi connectivity index (χ0v) is 15.0. The molecule has 134 valence electrons. The lowest BCUT2D eigenvalue weighted by Gasteiger charge is -2.09. The van der Waals surface area contributed by atoms with E-state index in [1.165, 1.54) is 0 Å². The number of hydrogen-bond donors (Lipinski definition) is 2. The summed E-state index contributed by atoms with van der Waals surface area (Å²) in [6.07, 6.45) is 1.64. The average molecular weight is 351 g/mol. The van der Waals surface area contributed by atoms with E-state index in [4.69, 9.17) is 4.42 Å². The second-order valence-corrected chi connectivity index (χ2v) is 6.06. The minimum Gasteiger partial charge on any atom is -0.467 e. The Balaban J connectivity index is 1.77. The highest BCUT2D eigenvalue weighted by Gasteiger charge is 2.16. The van der Waals surface area contributed by atoms with Crippen LogP contribution >= 0.6 is 0 Å². The van der Waals surface area contributed by atoms with Gasteiger partial charge in [0, 0.05) is 29.7 Å². The van der Waals surface area contributed by atoms with Crippen LogP contribution in [-0.2, 0) is 6.54 Å². The van der Waals surface area contributed by atoms with Crippen LogP contribution in [0.4, 0.5) is 5.69 Å². The van der Waals surface area contributed by atoms with Crippen molar-refractivity contribution in [2.24, 2.45) is 0 Å². The molecule has 0 aliphatic carbocycles. The number of rotatable bonds is 5. The van der Waals surface area contributed by atoms with Gasteiger partial charge in [0.1, 0.15) is 5.76 Å². The number of nitrogens with one attached hydrogen (secondary N) is 2. The molecule has 26 heavy (non-hydrogen) atoms. The maximum Gasteiger partial charge on any atom is 0.257 e. The summed E-state index contributed by atoms with van der Waals surface area (Å²) in [6, 6.07) is 12.4. The molecule has 6 heteroatoms. The lowest BCUT2D eigenvalue weighted by Crippen LogP contribution is -2.18. The van der Waals surface area contributed by atoms with Crippen LogP contribution in [0.2, 0.25) is 0 Å². The summed E-state index contributed by atoms with van der Waals surface area (Å²) in [5.74, 6) is 0.490. The number of carbonyl (C=O) groups excluding carboxylic acids is 2. The summed E-state index contributed by atoms with van der Waals surface area (Å²) in [5, 5.41) is 5.44. The first-order chi connectivity index (χ1) is 12.5. The van der Waals surface area contributed by atoms with Crippen LogP contribution in [0.25, 0.3) is 0 Å². The quantitative estimate of drug-likeness (QED) is 0.740. The van der Waals surface area contributed by atoms with Crippen LogP contribution < -0.4 is 10.6 Å². The monoisotopic (exact) mass is 351 g/mol.